The maximum Gasteiger partial charge on any atom is 0.171 e. The van der Waals surface area contributed by atoms with Gasteiger partial charge in [0.25, 0.3) is 0 Å². The Morgan fingerprint density at radius 2 is 2.17 bits per heavy atom. The molecule has 2 aromatic rings. The van der Waals surface area contributed by atoms with Crippen LogP contribution in [0.25, 0.3) is 0 Å². The number of H-pyrrole nitrogens is 1. The van der Waals surface area contributed by atoms with Gasteiger partial charge < -0.3 is 10.3 Å². The largest absolute Gasteiger partial charge is 0.370 e. The molecule has 5 nitrogen and oxygen atoms in total. The molecule has 0 atom stereocenters. The molecular formula is C12H17N5S. The van der Waals surface area contributed by atoms with Gasteiger partial charge in [-0.15, -0.1) is 0 Å². The van der Waals surface area contributed by atoms with Gasteiger partial charge in [-0.2, -0.15) is 0 Å². The Hall–Kier alpha value is -1.56. The summed E-state index contributed by atoms with van der Waals surface area (Å²) in [7, 11) is 0. The van der Waals surface area contributed by atoms with Crippen molar-refractivity contribution in [2.45, 2.75) is 37.4 Å². The van der Waals surface area contributed by atoms with E-state index < -0.39 is 0 Å². The fraction of sp³-hybridized carbons (Fsp3) is 0.417. The number of aromatic nitrogens is 4. The van der Waals surface area contributed by atoms with E-state index >= 15 is 0 Å². The molecule has 2 heterocycles. The highest BCUT2D eigenvalue weighted by molar-refractivity contribution is 7.99. The molecule has 0 aliphatic heterocycles. The molecule has 0 saturated heterocycles. The van der Waals surface area contributed by atoms with Crippen molar-refractivity contribution in [1.82, 2.24) is 19.9 Å². The highest BCUT2D eigenvalue weighted by Gasteiger charge is 2.11. The highest BCUT2D eigenvalue weighted by Crippen LogP contribution is 2.29. The van der Waals surface area contributed by atoms with Crippen molar-refractivity contribution in [3.63, 3.8) is 0 Å². The van der Waals surface area contributed by atoms with Crippen molar-refractivity contribution in [2.24, 2.45) is 0 Å². The molecule has 0 radical (unpaired) electrons. The molecule has 2 rings (SSSR count). The summed E-state index contributed by atoms with van der Waals surface area (Å²) >= 11 is 1.53. The number of hydrogen-bond donors (Lipinski definition) is 2. The Morgan fingerprint density at radius 3 is 2.78 bits per heavy atom. The number of rotatable bonds is 5. The fourth-order valence-electron chi connectivity index (χ4n) is 1.54. The SMILES string of the molecule is CCNc1nc(CC)nc(Sc2ncc[nH]2)c1C. The number of aryl methyl sites for hydroxylation is 1. The Kier molecular flexibility index (Phi) is 4.19. The Bertz CT molecular complexity index is 509. The van der Waals surface area contributed by atoms with E-state index in [1.807, 2.05) is 13.1 Å². The maximum atomic E-state index is 4.56. The van der Waals surface area contributed by atoms with Gasteiger partial charge in [-0.3, -0.25) is 0 Å². The summed E-state index contributed by atoms with van der Waals surface area (Å²) in [6.45, 7) is 7.00. The van der Waals surface area contributed by atoms with E-state index in [2.05, 4.69) is 39.1 Å². The summed E-state index contributed by atoms with van der Waals surface area (Å²) < 4.78 is 0. The molecule has 0 fully saturated rings. The van der Waals surface area contributed by atoms with Crippen molar-refractivity contribution < 1.29 is 0 Å². The number of aromatic amines is 1. The van der Waals surface area contributed by atoms with Gasteiger partial charge in [0.05, 0.1) is 0 Å². The quantitative estimate of drug-likeness (QED) is 0.812. The molecule has 2 aromatic heterocycles. The van der Waals surface area contributed by atoms with Crippen LogP contribution in [0.3, 0.4) is 0 Å². The number of hydrogen-bond acceptors (Lipinski definition) is 5. The Labute approximate surface area is 111 Å². The molecule has 0 aromatic carbocycles. The number of anilines is 1. The minimum absolute atomic E-state index is 0.824. The van der Waals surface area contributed by atoms with Crippen LogP contribution in [-0.2, 0) is 6.42 Å². The first-order chi connectivity index (χ1) is 8.74. The fourth-order valence-corrected chi connectivity index (χ4v) is 2.36. The lowest BCUT2D eigenvalue weighted by Crippen LogP contribution is -2.07. The zero-order valence-corrected chi connectivity index (χ0v) is 11.6. The summed E-state index contributed by atoms with van der Waals surface area (Å²) in [5.74, 6) is 1.77. The van der Waals surface area contributed by atoms with E-state index in [0.717, 1.165) is 40.4 Å². The average Bonchev–Trinajstić information content (AvgIpc) is 2.87. The van der Waals surface area contributed by atoms with E-state index in [9.17, 15) is 0 Å². The van der Waals surface area contributed by atoms with Gasteiger partial charge in [0.2, 0.25) is 0 Å². The third-order valence-corrected chi connectivity index (χ3v) is 3.48. The summed E-state index contributed by atoms with van der Waals surface area (Å²) in [5.41, 5.74) is 1.07. The third kappa shape index (κ3) is 2.81. The molecule has 0 aliphatic carbocycles. The molecule has 0 aliphatic rings. The zero-order valence-electron chi connectivity index (χ0n) is 10.8. The first-order valence-electron chi connectivity index (χ1n) is 6.03. The average molecular weight is 263 g/mol. The van der Waals surface area contributed by atoms with Crippen LogP contribution < -0.4 is 5.32 Å². The lowest BCUT2D eigenvalue weighted by molar-refractivity contribution is 0.867. The zero-order chi connectivity index (χ0) is 13.0. The van der Waals surface area contributed by atoms with Crippen LogP contribution in [0.15, 0.2) is 22.6 Å². The van der Waals surface area contributed by atoms with E-state index in [1.165, 1.54) is 11.8 Å². The number of imidazole rings is 1. The molecule has 0 unspecified atom stereocenters. The molecule has 0 spiro atoms. The van der Waals surface area contributed by atoms with Gasteiger partial charge >= 0.3 is 0 Å². The number of nitrogens with zero attached hydrogens (tertiary/aromatic N) is 3. The summed E-state index contributed by atoms with van der Waals surface area (Å²) in [5, 5.41) is 5.08. The minimum Gasteiger partial charge on any atom is -0.370 e. The molecular weight excluding hydrogens is 246 g/mol. The van der Waals surface area contributed by atoms with E-state index in [1.54, 1.807) is 6.20 Å². The number of nitrogens with one attached hydrogen (secondary N) is 2. The highest BCUT2D eigenvalue weighted by atomic mass is 32.2. The summed E-state index contributed by atoms with van der Waals surface area (Å²) in [4.78, 5) is 16.3. The van der Waals surface area contributed by atoms with E-state index in [0.29, 0.717) is 0 Å². The lowest BCUT2D eigenvalue weighted by Gasteiger charge is -2.11. The predicted molar refractivity (Wildman–Crippen MR) is 73.0 cm³/mol. The van der Waals surface area contributed by atoms with Crippen LogP contribution >= 0.6 is 11.8 Å². The molecule has 18 heavy (non-hydrogen) atoms. The standard InChI is InChI=1S/C12H17N5S/c1-4-9-16-10(13-5-2)8(3)11(17-9)18-12-14-6-7-15-12/h6-7H,4-5H2,1-3H3,(H,14,15)(H,13,16,17). The van der Waals surface area contributed by atoms with Crippen molar-refractivity contribution >= 4 is 17.6 Å². The Balaban J connectivity index is 2.35. The van der Waals surface area contributed by atoms with Crippen molar-refractivity contribution in [3.05, 3.63) is 23.8 Å². The van der Waals surface area contributed by atoms with E-state index in [-0.39, 0.29) is 0 Å². The third-order valence-electron chi connectivity index (χ3n) is 2.47. The molecule has 0 saturated carbocycles. The van der Waals surface area contributed by atoms with Gasteiger partial charge in [0.15, 0.2) is 5.16 Å². The molecule has 0 amide bonds. The first-order valence-corrected chi connectivity index (χ1v) is 6.84. The molecule has 0 bridgehead atoms. The topological polar surface area (TPSA) is 66.5 Å². The van der Waals surface area contributed by atoms with Gasteiger partial charge in [-0.05, 0) is 25.6 Å². The van der Waals surface area contributed by atoms with E-state index in [4.69, 9.17) is 0 Å². The van der Waals surface area contributed by atoms with Gasteiger partial charge in [-0.1, -0.05) is 6.92 Å². The summed E-state index contributed by atoms with van der Waals surface area (Å²) in [6, 6.07) is 0. The maximum absolute atomic E-state index is 4.56. The van der Waals surface area contributed by atoms with Crippen LogP contribution in [0.1, 0.15) is 25.2 Å². The van der Waals surface area contributed by atoms with Crippen LogP contribution in [-0.4, -0.2) is 26.5 Å². The van der Waals surface area contributed by atoms with Crippen LogP contribution in [0.2, 0.25) is 0 Å². The summed E-state index contributed by atoms with van der Waals surface area (Å²) in [6.07, 6.45) is 4.37. The first kappa shape index (κ1) is 12.9. The molecule has 96 valence electrons. The van der Waals surface area contributed by atoms with Gasteiger partial charge in [0, 0.05) is 30.9 Å². The van der Waals surface area contributed by atoms with Crippen molar-refractivity contribution in [2.75, 3.05) is 11.9 Å². The van der Waals surface area contributed by atoms with Gasteiger partial charge in [-0.25, -0.2) is 15.0 Å². The van der Waals surface area contributed by atoms with Crippen molar-refractivity contribution in [3.8, 4) is 0 Å². The Morgan fingerprint density at radius 1 is 1.33 bits per heavy atom. The second-order valence-electron chi connectivity index (χ2n) is 3.80. The second-order valence-corrected chi connectivity index (χ2v) is 4.78. The normalized spacial score (nSPS) is 10.6. The van der Waals surface area contributed by atoms with Crippen molar-refractivity contribution in [1.29, 1.82) is 0 Å². The lowest BCUT2D eigenvalue weighted by atomic mass is 10.3. The smallest absolute Gasteiger partial charge is 0.171 e. The predicted octanol–water partition coefficient (Wildman–Crippen LogP) is 2.65. The minimum atomic E-state index is 0.824. The molecule has 6 heteroatoms. The van der Waals surface area contributed by atoms with Crippen LogP contribution in [0, 0.1) is 6.92 Å². The molecule has 2 N–H and O–H groups in total. The van der Waals surface area contributed by atoms with Crippen LogP contribution in [0.5, 0.6) is 0 Å². The van der Waals surface area contributed by atoms with Gasteiger partial charge in [0.1, 0.15) is 16.7 Å². The monoisotopic (exact) mass is 263 g/mol. The second kappa shape index (κ2) is 5.86. The van der Waals surface area contributed by atoms with Crippen LogP contribution in [0.4, 0.5) is 5.82 Å².